The largest absolute Gasteiger partial charge is 0.383 e. The van der Waals surface area contributed by atoms with Crippen molar-refractivity contribution in [1.82, 2.24) is 40.3 Å². The highest BCUT2D eigenvalue weighted by Crippen LogP contribution is 2.31. The first kappa shape index (κ1) is 20.2. The van der Waals surface area contributed by atoms with Crippen molar-refractivity contribution in [2.45, 2.75) is 25.8 Å². The molecule has 5 rings (SSSR count). The topological polar surface area (TPSA) is 112 Å². The minimum atomic E-state index is -1.04. The molecule has 1 unspecified atom stereocenters. The van der Waals surface area contributed by atoms with E-state index >= 15 is 0 Å². The molecule has 0 amide bonds. The summed E-state index contributed by atoms with van der Waals surface area (Å²) in [5.74, 6) is -1.67. The highest BCUT2D eigenvalue weighted by atomic mass is 19.2. The van der Waals surface area contributed by atoms with Crippen LogP contribution in [-0.4, -0.2) is 48.1 Å². The Balaban J connectivity index is 1.53. The zero-order chi connectivity index (χ0) is 22.2. The molecule has 32 heavy (non-hydrogen) atoms. The van der Waals surface area contributed by atoms with Crippen molar-refractivity contribution < 1.29 is 8.78 Å². The van der Waals surface area contributed by atoms with Crippen molar-refractivity contribution in [3.05, 3.63) is 54.0 Å². The van der Waals surface area contributed by atoms with Gasteiger partial charge in [0.05, 0.1) is 17.8 Å². The van der Waals surface area contributed by atoms with Crippen LogP contribution in [0.25, 0.3) is 28.2 Å². The number of nitrogen functional groups attached to an aromatic ring is 1. The lowest BCUT2D eigenvalue weighted by Crippen LogP contribution is -2.31. The average Bonchev–Trinajstić information content (AvgIpc) is 3.49. The Labute approximate surface area is 182 Å². The first-order valence-corrected chi connectivity index (χ1v) is 10.3. The Morgan fingerprint density at radius 1 is 1.16 bits per heavy atom. The lowest BCUT2D eigenvalue weighted by molar-refractivity contribution is 0.347. The Morgan fingerprint density at radius 2 is 2.03 bits per heavy atom. The van der Waals surface area contributed by atoms with Gasteiger partial charge < -0.3 is 11.1 Å². The summed E-state index contributed by atoms with van der Waals surface area (Å²) in [5.41, 5.74) is 8.20. The second-order valence-corrected chi connectivity index (χ2v) is 7.81. The van der Waals surface area contributed by atoms with Gasteiger partial charge in [0.25, 0.3) is 0 Å². The third kappa shape index (κ3) is 3.50. The van der Waals surface area contributed by atoms with Crippen LogP contribution in [0.5, 0.6) is 0 Å². The maximum atomic E-state index is 14.6. The van der Waals surface area contributed by atoms with E-state index in [0.717, 1.165) is 41.7 Å². The van der Waals surface area contributed by atoms with Crippen LogP contribution in [0.4, 0.5) is 14.6 Å². The highest BCUT2D eigenvalue weighted by Gasteiger charge is 2.21. The van der Waals surface area contributed by atoms with E-state index < -0.39 is 11.6 Å². The van der Waals surface area contributed by atoms with Gasteiger partial charge >= 0.3 is 0 Å². The number of aryl methyl sites for hydroxylation is 1. The Hall–Kier alpha value is -3.73. The highest BCUT2D eigenvalue weighted by molar-refractivity contribution is 5.76. The second kappa shape index (κ2) is 8.08. The molecule has 0 radical (unpaired) electrons. The van der Waals surface area contributed by atoms with Gasteiger partial charge in [0.2, 0.25) is 0 Å². The van der Waals surface area contributed by atoms with Gasteiger partial charge in [0, 0.05) is 30.1 Å². The van der Waals surface area contributed by atoms with Gasteiger partial charge in [-0.25, -0.2) is 13.8 Å². The van der Waals surface area contributed by atoms with Crippen LogP contribution in [0.2, 0.25) is 0 Å². The summed E-state index contributed by atoms with van der Waals surface area (Å²) < 4.78 is 31.8. The lowest BCUT2D eigenvalue weighted by atomic mass is 10.1. The molecule has 1 aromatic carbocycles. The molecular formula is C21H21F2N9. The van der Waals surface area contributed by atoms with Crippen LogP contribution in [0.3, 0.4) is 0 Å². The summed E-state index contributed by atoms with van der Waals surface area (Å²) in [4.78, 5) is 4.27. The molecule has 1 saturated heterocycles. The molecule has 4 heterocycles. The first-order valence-electron chi connectivity index (χ1n) is 10.3. The summed E-state index contributed by atoms with van der Waals surface area (Å²) >= 11 is 0. The molecule has 11 heteroatoms. The molecule has 3 aromatic heterocycles. The molecule has 1 aliphatic rings. The predicted molar refractivity (Wildman–Crippen MR) is 114 cm³/mol. The van der Waals surface area contributed by atoms with Crippen molar-refractivity contribution in [1.29, 1.82) is 0 Å². The number of nitrogens with one attached hydrogen (secondary N) is 1. The number of anilines is 1. The minimum absolute atomic E-state index is 0.115. The van der Waals surface area contributed by atoms with Crippen molar-refractivity contribution in [3.63, 3.8) is 0 Å². The summed E-state index contributed by atoms with van der Waals surface area (Å²) in [6.45, 7) is 3.38. The van der Waals surface area contributed by atoms with Gasteiger partial charge in [0.1, 0.15) is 11.5 Å². The SMILES string of the molecule is Cc1ccc(-n2nnnc2-c2cc(-c3cnn(C4CCCNC4)c3)cnc2N)c(F)c1F. The van der Waals surface area contributed by atoms with Gasteiger partial charge in [-0.05, 0) is 54.4 Å². The molecule has 0 aliphatic carbocycles. The number of benzene rings is 1. The molecule has 164 valence electrons. The zero-order valence-electron chi connectivity index (χ0n) is 17.3. The van der Waals surface area contributed by atoms with E-state index in [0.29, 0.717) is 11.6 Å². The normalized spacial score (nSPS) is 16.4. The quantitative estimate of drug-likeness (QED) is 0.505. The van der Waals surface area contributed by atoms with Crippen molar-refractivity contribution in [2.24, 2.45) is 0 Å². The monoisotopic (exact) mass is 437 g/mol. The third-order valence-corrected chi connectivity index (χ3v) is 5.69. The Morgan fingerprint density at radius 3 is 2.84 bits per heavy atom. The maximum absolute atomic E-state index is 14.6. The van der Waals surface area contributed by atoms with E-state index in [-0.39, 0.29) is 22.9 Å². The summed E-state index contributed by atoms with van der Waals surface area (Å²) in [6.07, 6.45) is 7.54. The molecule has 0 saturated carbocycles. The summed E-state index contributed by atoms with van der Waals surface area (Å²) in [6, 6.07) is 4.95. The number of piperidine rings is 1. The Kier molecular flexibility index (Phi) is 5.10. The van der Waals surface area contributed by atoms with E-state index in [1.807, 2.05) is 10.9 Å². The molecule has 9 nitrogen and oxygen atoms in total. The second-order valence-electron chi connectivity index (χ2n) is 7.81. The van der Waals surface area contributed by atoms with Crippen LogP contribution in [-0.2, 0) is 0 Å². The molecule has 1 atom stereocenters. The number of rotatable bonds is 4. The number of halogens is 2. The number of hydrogen-bond donors (Lipinski definition) is 2. The van der Waals surface area contributed by atoms with E-state index in [9.17, 15) is 8.78 Å². The lowest BCUT2D eigenvalue weighted by Gasteiger charge is -2.22. The van der Waals surface area contributed by atoms with Gasteiger partial charge in [-0.2, -0.15) is 9.78 Å². The number of nitrogens with two attached hydrogens (primary N) is 1. The van der Waals surface area contributed by atoms with Crippen LogP contribution in [0.1, 0.15) is 24.4 Å². The van der Waals surface area contributed by atoms with Crippen LogP contribution < -0.4 is 11.1 Å². The molecule has 3 N–H and O–H groups in total. The van der Waals surface area contributed by atoms with E-state index in [4.69, 9.17) is 5.73 Å². The number of tetrazole rings is 1. The van der Waals surface area contributed by atoms with Crippen molar-refractivity contribution >= 4 is 5.82 Å². The molecule has 0 spiro atoms. The van der Waals surface area contributed by atoms with Crippen molar-refractivity contribution in [2.75, 3.05) is 18.8 Å². The predicted octanol–water partition coefficient (Wildman–Crippen LogP) is 2.68. The fourth-order valence-electron chi connectivity index (χ4n) is 3.88. The van der Waals surface area contributed by atoms with Crippen LogP contribution in [0, 0.1) is 18.6 Å². The smallest absolute Gasteiger partial charge is 0.190 e. The van der Waals surface area contributed by atoms with Crippen molar-refractivity contribution in [3.8, 4) is 28.2 Å². The maximum Gasteiger partial charge on any atom is 0.190 e. The minimum Gasteiger partial charge on any atom is -0.383 e. The number of aromatic nitrogens is 7. The molecule has 4 aromatic rings. The standard InChI is InChI=1S/C21H21F2N9/c1-12-4-5-17(19(23)18(12)22)32-21(28-29-30-32)16-7-13(8-26-20(16)24)14-9-27-31(11-14)15-3-2-6-25-10-15/h4-5,7-9,11,15,25H,2-3,6,10H2,1H3,(H2,24,26). The van der Waals surface area contributed by atoms with E-state index in [2.05, 4.69) is 30.9 Å². The summed E-state index contributed by atoms with van der Waals surface area (Å²) in [5, 5.41) is 19.4. The fourth-order valence-corrected chi connectivity index (χ4v) is 3.88. The van der Waals surface area contributed by atoms with Gasteiger partial charge in [0.15, 0.2) is 17.5 Å². The van der Waals surface area contributed by atoms with Crippen LogP contribution in [0.15, 0.2) is 36.8 Å². The third-order valence-electron chi connectivity index (χ3n) is 5.69. The fraction of sp³-hybridized carbons (Fsp3) is 0.286. The van der Waals surface area contributed by atoms with E-state index in [1.165, 1.54) is 19.1 Å². The number of pyridine rings is 1. The van der Waals surface area contributed by atoms with Gasteiger partial charge in [-0.3, -0.25) is 4.68 Å². The van der Waals surface area contributed by atoms with E-state index in [1.54, 1.807) is 18.5 Å². The zero-order valence-corrected chi connectivity index (χ0v) is 17.3. The average molecular weight is 437 g/mol. The van der Waals surface area contributed by atoms with Gasteiger partial charge in [-0.1, -0.05) is 6.07 Å². The molecule has 0 bridgehead atoms. The van der Waals surface area contributed by atoms with Crippen LogP contribution >= 0.6 is 0 Å². The Bertz CT molecular complexity index is 1270. The summed E-state index contributed by atoms with van der Waals surface area (Å²) in [7, 11) is 0. The molecule has 1 fully saturated rings. The number of hydrogen-bond acceptors (Lipinski definition) is 7. The first-order chi connectivity index (χ1) is 15.5. The molecular weight excluding hydrogens is 416 g/mol. The molecule has 1 aliphatic heterocycles. The number of nitrogens with zero attached hydrogens (tertiary/aromatic N) is 7. The van der Waals surface area contributed by atoms with Gasteiger partial charge in [-0.15, -0.1) is 5.10 Å².